The highest BCUT2D eigenvalue weighted by atomic mass is 32.2. The van der Waals surface area contributed by atoms with Gasteiger partial charge in [0.2, 0.25) is 0 Å². The lowest BCUT2D eigenvalue weighted by Crippen LogP contribution is -2.05. The highest BCUT2D eigenvalue weighted by molar-refractivity contribution is 7.99. The van der Waals surface area contributed by atoms with Crippen molar-refractivity contribution in [2.75, 3.05) is 18.1 Å². The maximum Gasteiger partial charge on any atom is 0.0560 e. The molecule has 0 aromatic carbocycles. The Balaban J connectivity index is 2.95. The number of rotatable bonds is 20. The summed E-state index contributed by atoms with van der Waals surface area (Å²) in [4.78, 5) is 0. The first kappa shape index (κ1) is 24.3. The van der Waals surface area contributed by atoms with Gasteiger partial charge in [0, 0.05) is 5.75 Å². The van der Waals surface area contributed by atoms with Crippen LogP contribution in [0.25, 0.3) is 0 Å². The van der Waals surface area contributed by atoms with Crippen LogP contribution in [0.3, 0.4) is 0 Å². The summed E-state index contributed by atoms with van der Waals surface area (Å²) in [6.45, 7) is 7.43. The fourth-order valence-electron chi connectivity index (χ4n) is 3.02. The van der Waals surface area contributed by atoms with Gasteiger partial charge in [-0.2, -0.15) is 11.8 Å². The van der Waals surface area contributed by atoms with Gasteiger partial charge in [0.05, 0.1) is 12.7 Å². The van der Waals surface area contributed by atoms with Crippen molar-refractivity contribution in [2.45, 2.75) is 123 Å². The van der Waals surface area contributed by atoms with Crippen LogP contribution in [0.2, 0.25) is 0 Å². The Kier molecular flexibility index (Phi) is 21.6. The predicted octanol–water partition coefficient (Wildman–Crippen LogP) is 8.02. The third kappa shape index (κ3) is 22.3. The fourth-order valence-corrected chi connectivity index (χ4v) is 3.85. The first-order valence-corrected chi connectivity index (χ1v) is 12.1. The Morgan fingerprint density at radius 1 is 0.583 bits per heavy atom. The van der Waals surface area contributed by atoms with Crippen molar-refractivity contribution in [1.29, 1.82) is 0 Å². The molecule has 146 valence electrons. The molecule has 0 bridgehead atoms. The van der Waals surface area contributed by atoms with Crippen molar-refractivity contribution < 1.29 is 4.74 Å². The second-order valence-electron chi connectivity index (χ2n) is 7.48. The molecule has 0 rings (SSSR count). The van der Waals surface area contributed by atoms with E-state index in [0.29, 0.717) is 6.10 Å². The molecule has 0 saturated heterocycles. The summed E-state index contributed by atoms with van der Waals surface area (Å²) >= 11 is 2.06. The minimum atomic E-state index is 0.386. The number of hydrogen-bond acceptors (Lipinski definition) is 2. The molecule has 0 aliphatic rings. The zero-order valence-corrected chi connectivity index (χ0v) is 17.9. The van der Waals surface area contributed by atoms with Crippen molar-refractivity contribution in [3.05, 3.63) is 0 Å². The Bertz CT molecular complexity index is 218. The van der Waals surface area contributed by atoms with E-state index < -0.39 is 0 Å². The maximum atomic E-state index is 5.55. The average Bonchev–Trinajstić information content (AvgIpc) is 2.56. The van der Waals surface area contributed by atoms with E-state index in [1.807, 2.05) is 0 Å². The summed E-state index contributed by atoms with van der Waals surface area (Å²) in [5.41, 5.74) is 0. The first-order chi connectivity index (χ1) is 11.8. The highest BCUT2D eigenvalue weighted by Crippen LogP contribution is 2.14. The molecule has 0 atom stereocenters. The minimum absolute atomic E-state index is 0.386. The second kappa shape index (κ2) is 21.4. The van der Waals surface area contributed by atoms with Crippen LogP contribution in [0.1, 0.15) is 117 Å². The standard InChI is InChI=1S/C22H46OS/c1-4-5-6-7-8-9-10-11-12-13-14-15-16-17-18-20-24-21-19-23-22(2)3/h22H,4-21H2,1-3H3. The summed E-state index contributed by atoms with van der Waals surface area (Å²) < 4.78 is 5.55. The topological polar surface area (TPSA) is 9.23 Å². The third-order valence-corrected chi connectivity index (χ3v) is 5.60. The largest absolute Gasteiger partial charge is 0.378 e. The third-order valence-electron chi connectivity index (χ3n) is 4.57. The molecule has 0 aromatic rings. The monoisotopic (exact) mass is 358 g/mol. The molecule has 2 heteroatoms. The number of unbranched alkanes of at least 4 members (excludes halogenated alkanes) is 14. The van der Waals surface area contributed by atoms with E-state index in [-0.39, 0.29) is 0 Å². The van der Waals surface area contributed by atoms with E-state index in [2.05, 4.69) is 32.5 Å². The zero-order chi connectivity index (χ0) is 17.7. The van der Waals surface area contributed by atoms with Gasteiger partial charge in [0.1, 0.15) is 0 Å². The smallest absolute Gasteiger partial charge is 0.0560 e. The molecular formula is C22H46OS. The van der Waals surface area contributed by atoms with E-state index >= 15 is 0 Å². The van der Waals surface area contributed by atoms with Crippen LogP contribution in [0, 0.1) is 0 Å². The van der Waals surface area contributed by atoms with Crippen molar-refractivity contribution in [3.8, 4) is 0 Å². The van der Waals surface area contributed by atoms with Crippen LogP contribution in [0.5, 0.6) is 0 Å². The molecule has 0 aliphatic carbocycles. The molecule has 0 N–H and O–H groups in total. The number of thioether (sulfide) groups is 1. The van der Waals surface area contributed by atoms with Gasteiger partial charge >= 0.3 is 0 Å². The van der Waals surface area contributed by atoms with Gasteiger partial charge in [-0.15, -0.1) is 0 Å². The molecule has 24 heavy (non-hydrogen) atoms. The number of hydrogen-bond donors (Lipinski definition) is 0. The van der Waals surface area contributed by atoms with Crippen molar-refractivity contribution in [2.24, 2.45) is 0 Å². The van der Waals surface area contributed by atoms with Crippen LogP contribution in [-0.2, 0) is 4.74 Å². The van der Waals surface area contributed by atoms with E-state index in [1.54, 1.807) is 0 Å². The average molecular weight is 359 g/mol. The number of ether oxygens (including phenoxy) is 1. The summed E-state index contributed by atoms with van der Waals surface area (Å²) in [5.74, 6) is 2.48. The molecule has 0 unspecified atom stereocenters. The van der Waals surface area contributed by atoms with E-state index in [9.17, 15) is 0 Å². The van der Waals surface area contributed by atoms with E-state index in [1.165, 1.54) is 102 Å². The van der Waals surface area contributed by atoms with Crippen LogP contribution in [0.4, 0.5) is 0 Å². The second-order valence-corrected chi connectivity index (χ2v) is 8.71. The van der Waals surface area contributed by atoms with Crippen LogP contribution >= 0.6 is 11.8 Å². The Hall–Kier alpha value is 0.310. The van der Waals surface area contributed by atoms with Crippen molar-refractivity contribution in [1.82, 2.24) is 0 Å². The Morgan fingerprint density at radius 3 is 1.42 bits per heavy atom. The zero-order valence-electron chi connectivity index (χ0n) is 17.1. The molecule has 0 aromatic heterocycles. The lowest BCUT2D eigenvalue weighted by Gasteiger charge is -2.07. The molecule has 0 fully saturated rings. The predicted molar refractivity (Wildman–Crippen MR) is 113 cm³/mol. The van der Waals surface area contributed by atoms with Gasteiger partial charge < -0.3 is 4.74 Å². The van der Waals surface area contributed by atoms with E-state index in [0.717, 1.165) is 12.4 Å². The molecule has 0 heterocycles. The quantitative estimate of drug-likeness (QED) is 0.204. The first-order valence-electron chi connectivity index (χ1n) is 11.0. The molecular weight excluding hydrogens is 312 g/mol. The van der Waals surface area contributed by atoms with Crippen LogP contribution in [-0.4, -0.2) is 24.2 Å². The van der Waals surface area contributed by atoms with Crippen molar-refractivity contribution in [3.63, 3.8) is 0 Å². The highest BCUT2D eigenvalue weighted by Gasteiger charge is 1.96. The summed E-state index contributed by atoms with van der Waals surface area (Å²) in [6, 6.07) is 0. The van der Waals surface area contributed by atoms with Gasteiger partial charge in [-0.1, -0.05) is 96.8 Å². The summed E-state index contributed by atoms with van der Waals surface area (Å²) in [7, 11) is 0. The van der Waals surface area contributed by atoms with E-state index in [4.69, 9.17) is 4.74 Å². The SMILES string of the molecule is CCCCCCCCCCCCCCCCCSCCOC(C)C. The van der Waals surface area contributed by atoms with Gasteiger partial charge in [-0.25, -0.2) is 0 Å². The van der Waals surface area contributed by atoms with Gasteiger partial charge in [-0.3, -0.25) is 0 Å². The molecule has 0 amide bonds. The van der Waals surface area contributed by atoms with Gasteiger partial charge in [0.15, 0.2) is 0 Å². The molecule has 1 nitrogen and oxygen atoms in total. The van der Waals surface area contributed by atoms with Crippen LogP contribution < -0.4 is 0 Å². The lowest BCUT2D eigenvalue weighted by molar-refractivity contribution is 0.0920. The molecule has 0 saturated carbocycles. The summed E-state index contributed by atoms with van der Waals surface area (Å²) in [5, 5.41) is 0. The molecule has 0 spiro atoms. The lowest BCUT2D eigenvalue weighted by atomic mass is 10.0. The fraction of sp³-hybridized carbons (Fsp3) is 1.00. The molecule has 0 radical (unpaired) electrons. The van der Waals surface area contributed by atoms with Crippen molar-refractivity contribution >= 4 is 11.8 Å². The summed E-state index contributed by atoms with van der Waals surface area (Å²) in [6.07, 6.45) is 22.1. The van der Waals surface area contributed by atoms with Gasteiger partial charge in [0.25, 0.3) is 0 Å². The van der Waals surface area contributed by atoms with Gasteiger partial charge in [-0.05, 0) is 26.0 Å². The minimum Gasteiger partial charge on any atom is -0.378 e. The molecule has 0 aliphatic heterocycles. The Morgan fingerprint density at radius 2 is 1.00 bits per heavy atom. The normalized spacial score (nSPS) is 11.5. The maximum absolute atomic E-state index is 5.55. The van der Waals surface area contributed by atoms with Crippen LogP contribution in [0.15, 0.2) is 0 Å². The Labute approximate surface area is 158 Å².